The highest BCUT2D eigenvalue weighted by atomic mass is 35.5. The van der Waals surface area contributed by atoms with Gasteiger partial charge in [0.05, 0.1) is 0 Å². The van der Waals surface area contributed by atoms with E-state index in [9.17, 15) is 0 Å². The molecule has 0 aliphatic rings. The lowest BCUT2D eigenvalue weighted by Crippen LogP contribution is -2.25. The second kappa shape index (κ2) is 6.93. The molecule has 0 radical (unpaired) electrons. The van der Waals surface area contributed by atoms with Crippen molar-refractivity contribution in [3.8, 4) is 0 Å². The van der Waals surface area contributed by atoms with Gasteiger partial charge in [-0.3, -0.25) is 0 Å². The van der Waals surface area contributed by atoms with Crippen molar-refractivity contribution in [3.63, 3.8) is 0 Å². The fraction of sp³-hybridized carbons (Fsp3) is 0.571. The molecule has 0 aliphatic heterocycles. The summed E-state index contributed by atoms with van der Waals surface area (Å²) in [6, 6.07) is 8.20. The van der Waals surface area contributed by atoms with E-state index in [0.717, 1.165) is 18.1 Å². The summed E-state index contributed by atoms with van der Waals surface area (Å²) < 4.78 is 0. The van der Waals surface area contributed by atoms with Crippen LogP contribution < -0.4 is 5.32 Å². The Labute approximate surface area is 104 Å². The molecule has 0 bridgehead atoms. The topological polar surface area (TPSA) is 12.0 Å². The maximum atomic E-state index is 6.27. The first-order valence-electron chi connectivity index (χ1n) is 6.15. The molecule has 1 N–H and O–H groups in total. The lowest BCUT2D eigenvalue weighted by atomic mass is 9.85. The van der Waals surface area contributed by atoms with Crippen LogP contribution in [-0.2, 0) is 0 Å². The summed E-state index contributed by atoms with van der Waals surface area (Å²) in [7, 11) is 0. The van der Waals surface area contributed by atoms with Gasteiger partial charge in [-0.15, -0.1) is 0 Å². The maximum Gasteiger partial charge on any atom is 0.0441 e. The highest BCUT2D eigenvalue weighted by Gasteiger charge is 2.19. The molecule has 0 saturated heterocycles. The zero-order valence-corrected chi connectivity index (χ0v) is 11.2. The average molecular weight is 240 g/mol. The van der Waals surface area contributed by atoms with Crippen molar-refractivity contribution in [2.45, 2.75) is 33.1 Å². The smallest absolute Gasteiger partial charge is 0.0441 e. The summed E-state index contributed by atoms with van der Waals surface area (Å²) >= 11 is 6.27. The number of hydrogen-bond donors (Lipinski definition) is 1. The van der Waals surface area contributed by atoms with Crippen molar-refractivity contribution in [1.82, 2.24) is 5.32 Å². The van der Waals surface area contributed by atoms with Crippen LogP contribution >= 0.6 is 11.6 Å². The van der Waals surface area contributed by atoms with Crippen molar-refractivity contribution in [1.29, 1.82) is 0 Å². The summed E-state index contributed by atoms with van der Waals surface area (Å²) in [4.78, 5) is 0. The predicted molar refractivity (Wildman–Crippen MR) is 72.2 cm³/mol. The molecule has 0 amide bonds. The molecule has 2 heteroatoms. The summed E-state index contributed by atoms with van der Waals surface area (Å²) in [6.45, 7) is 8.69. The van der Waals surface area contributed by atoms with Crippen LogP contribution in [0, 0.1) is 5.92 Å². The first-order valence-corrected chi connectivity index (χ1v) is 6.53. The van der Waals surface area contributed by atoms with Crippen molar-refractivity contribution < 1.29 is 0 Å². The van der Waals surface area contributed by atoms with Gasteiger partial charge in [0.25, 0.3) is 0 Å². The van der Waals surface area contributed by atoms with Crippen molar-refractivity contribution >= 4 is 11.6 Å². The molecule has 90 valence electrons. The molecule has 1 aromatic rings. The average Bonchev–Trinajstić information content (AvgIpc) is 2.31. The third kappa shape index (κ3) is 3.50. The minimum atomic E-state index is 0.513. The van der Waals surface area contributed by atoms with E-state index in [-0.39, 0.29) is 0 Å². The Kier molecular flexibility index (Phi) is 5.86. The van der Waals surface area contributed by atoms with Gasteiger partial charge in [0.15, 0.2) is 0 Å². The van der Waals surface area contributed by atoms with E-state index >= 15 is 0 Å². The molecule has 0 fully saturated rings. The first kappa shape index (κ1) is 13.5. The van der Waals surface area contributed by atoms with Crippen molar-refractivity contribution in [3.05, 3.63) is 34.9 Å². The largest absolute Gasteiger partial charge is 0.316 e. The molecule has 2 atom stereocenters. The molecule has 0 saturated carbocycles. The van der Waals surface area contributed by atoms with Gasteiger partial charge in [0.1, 0.15) is 0 Å². The minimum absolute atomic E-state index is 0.513. The quantitative estimate of drug-likeness (QED) is 0.789. The van der Waals surface area contributed by atoms with Gasteiger partial charge < -0.3 is 5.32 Å². The van der Waals surface area contributed by atoms with E-state index in [1.807, 2.05) is 12.1 Å². The number of nitrogens with one attached hydrogen (secondary N) is 1. The highest BCUT2D eigenvalue weighted by Crippen LogP contribution is 2.31. The van der Waals surface area contributed by atoms with E-state index in [1.165, 1.54) is 12.0 Å². The van der Waals surface area contributed by atoms with Crippen molar-refractivity contribution in [2.24, 2.45) is 5.92 Å². The molecule has 16 heavy (non-hydrogen) atoms. The van der Waals surface area contributed by atoms with Crippen LogP contribution in [0.2, 0.25) is 5.02 Å². The predicted octanol–water partition coefficient (Wildman–Crippen LogP) is 4.08. The summed E-state index contributed by atoms with van der Waals surface area (Å²) in [5, 5.41) is 4.32. The Bertz CT molecular complexity index is 311. The van der Waals surface area contributed by atoms with Gasteiger partial charge in [0.2, 0.25) is 0 Å². The number of rotatable bonds is 6. The number of likely N-dealkylation sites (N-methyl/N-ethyl adjacent to an activating group) is 1. The van der Waals surface area contributed by atoms with Crippen LogP contribution in [0.4, 0.5) is 0 Å². The molecular formula is C14H22ClN. The summed E-state index contributed by atoms with van der Waals surface area (Å²) in [6.07, 6.45) is 1.18. The van der Waals surface area contributed by atoms with E-state index in [0.29, 0.717) is 11.8 Å². The third-order valence-corrected chi connectivity index (χ3v) is 3.59. The van der Waals surface area contributed by atoms with Crippen LogP contribution in [0.15, 0.2) is 24.3 Å². The molecular weight excluding hydrogens is 218 g/mol. The monoisotopic (exact) mass is 239 g/mol. The zero-order chi connectivity index (χ0) is 12.0. The van der Waals surface area contributed by atoms with Gasteiger partial charge in [-0.2, -0.15) is 0 Å². The van der Waals surface area contributed by atoms with Crippen LogP contribution in [0.25, 0.3) is 0 Å². The normalized spacial score (nSPS) is 14.8. The molecule has 1 rings (SSSR count). The SMILES string of the molecule is CCNCC(c1ccccc1Cl)C(C)CC. The van der Waals surface area contributed by atoms with Crippen LogP contribution in [-0.4, -0.2) is 13.1 Å². The number of hydrogen-bond acceptors (Lipinski definition) is 1. The van der Waals surface area contributed by atoms with Gasteiger partial charge in [-0.05, 0) is 24.1 Å². The second-order valence-electron chi connectivity index (χ2n) is 4.32. The first-order chi connectivity index (χ1) is 7.70. The van der Waals surface area contributed by atoms with Crippen LogP contribution in [0.1, 0.15) is 38.7 Å². The lowest BCUT2D eigenvalue weighted by Gasteiger charge is -2.24. The number of halogens is 1. The molecule has 0 aliphatic carbocycles. The standard InChI is InChI=1S/C14H22ClN/c1-4-11(3)13(10-16-5-2)12-8-6-7-9-14(12)15/h6-9,11,13,16H,4-5,10H2,1-3H3. The van der Waals surface area contributed by atoms with Gasteiger partial charge in [-0.25, -0.2) is 0 Å². The number of benzene rings is 1. The molecule has 0 spiro atoms. The Morgan fingerprint density at radius 2 is 1.94 bits per heavy atom. The van der Waals surface area contributed by atoms with E-state index in [1.54, 1.807) is 0 Å². The fourth-order valence-corrected chi connectivity index (χ4v) is 2.25. The highest BCUT2D eigenvalue weighted by molar-refractivity contribution is 6.31. The summed E-state index contributed by atoms with van der Waals surface area (Å²) in [5.41, 5.74) is 1.28. The van der Waals surface area contributed by atoms with E-state index in [4.69, 9.17) is 11.6 Å². The Morgan fingerprint density at radius 1 is 1.25 bits per heavy atom. The Balaban J connectivity index is 2.87. The van der Waals surface area contributed by atoms with E-state index < -0.39 is 0 Å². The van der Waals surface area contributed by atoms with Gasteiger partial charge >= 0.3 is 0 Å². The van der Waals surface area contributed by atoms with Gasteiger partial charge in [0, 0.05) is 17.5 Å². The fourth-order valence-electron chi connectivity index (χ4n) is 1.98. The van der Waals surface area contributed by atoms with Crippen LogP contribution in [0.5, 0.6) is 0 Å². The lowest BCUT2D eigenvalue weighted by molar-refractivity contribution is 0.424. The van der Waals surface area contributed by atoms with E-state index in [2.05, 4.69) is 38.2 Å². The summed E-state index contributed by atoms with van der Waals surface area (Å²) in [5.74, 6) is 1.16. The van der Waals surface area contributed by atoms with Crippen molar-refractivity contribution in [2.75, 3.05) is 13.1 Å². The molecule has 1 nitrogen and oxygen atoms in total. The van der Waals surface area contributed by atoms with Gasteiger partial charge in [-0.1, -0.05) is 57.0 Å². The second-order valence-corrected chi connectivity index (χ2v) is 4.73. The Morgan fingerprint density at radius 3 is 2.50 bits per heavy atom. The maximum absolute atomic E-state index is 6.27. The molecule has 0 heterocycles. The Hall–Kier alpha value is -0.530. The third-order valence-electron chi connectivity index (χ3n) is 3.25. The molecule has 1 aromatic carbocycles. The molecule has 0 aromatic heterocycles. The zero-order valence-electron chi connectivity index (χ0n) is 10.5. The van der Waals surface area contributed by atoms with Crippen LogP contribution in [0.3, 0.4) is 0 Å². The molecule has 2 unspecified atom stereocenters. The minimum Gasteiger partial charge on any atom is -0.316 e.